The molecule has 1 fully saturated rings. The van der Waals surface area contributed by atoms with Crippen LogP contribution in [0, 0.1) is 0 Å². The highest BCUT2D eigenvalue weighted by molar-refractivity contribution is 5.91. The van der Waals surface area contributed by atoms with Crippen LogP contribution >= 0.6 is 0 Å². The summed E-state index contributed by atoms with van der Waals surface area (Å²) in [5, 5.41) is 3.76. The molecule has 1 aromatic carbocycles. The van der Waals surface area contributed by atoms with Gasteiger partial charge in [-0.2, -0.15) is 5.10 Å². The van der Waals surface area contributed by atoms with Crippen molar-refractivity contribution in [3.63, 3.8) is 0 Å². The van der Waals surface area contributed by atoms with Gasteiger partial charge in [0.1, 0.15) is 5.84 Å². The Morgan fingerprint density at radius 3 is 2.25 bits per heavy atom. The fourth-order valence-corrected chi connectivity index (χ4v) is 2.73. The van der Waals surface area contributed by atoms with Crippen LogP contribution in [0.4, 0.5) is 0 Å². The Kier molecular flexibility index (Phi) is 3.13. The lowest BCUT2D eigenvalue weighted by molar-refractivity contribution is 0.377. The van der Waals surface area contributed by atoms with Gasteiger partial charge in [0.25, 0.3) is 0 Å². The number of nitrogens with two attached hydrogens (primary N) is 2. The molecule has 0 bridgehead atoms. The lowest BCUT2D eigenvalue weighted by atomic mass is 9.68. The predicted molar refractivity (Wildman–Crippen MR) is 67.0 cm³/mol. The minimum absolute atomic E-state index is 0.117. The fraction of sp³-hybridized carbons (Fsp3) is 0.462. The van der Waals surface area contributed by atoms with E-state index < -0.39 is 0 Å². The van der Waals surface area contributed by atoms with Crippen LogP contribution in [0.15, 0.2) is 35.4 Å². The zero-order chi connectivity index (χ0) is 11.4. The summed E-state index contributed by atoms with van der Waals surface area (Å²) in [6.45, 7) is 0. The van der Waals surface area contributed by atoms with Crippen LogP contribution in [0.1, 0.15) is 37.7 Å². The van der Waals surface area contributed by atoms with Gasteiger partial charge in [-0.05, 0) is 18.4 Å². The summed E-state index contributed by atoms with van der Waals surface area (Å²) in [6.07, 6.45) is 5.80. The van der Waals surface area contributed by atoms with Crippen LogP contribution in [0.2, 0.25) is 0 Å². The standard InChI is InChI=1S/C13H19N3/c14-12(16-15)13(9-5-2-6-10-13)11-7-3-1-4-8-11/h1,3-4,7-8H,2,5-6,9-10,15H2,(H2,14,16). The van der Waals surface area contributed by atoms with Crippen molar-refractivity contribution in [3.05, 3.63) is 35.9 Å². The van der Waals surface area contributed by atoms with Crippen molar-refractivity contribution in [2.75, 3.05) is 0 Å². The van der Waals surface area contributed by atoms with Crippen LogP contribution in [0.3, 0.4) is 0 Å². The van der Waals surface area contributed by atoms with Crippen molar-refractivity contribution >= 4 is 5.84 Å². The van der Waals surface area contributed by atoms with E-state index in [0.29, 0.717) is 5.84 Å². The molecule has 1 aromatic rings. The third-order valence-corrected chi connectivity index (χ3v) is 3.66. The quantitative estimate of drug-likeness (QED) is 0.345. The van der Waals surface area contributed by atoms with Gasteiger partial charge in [-0.3, -0.25) is 0 Å². The molecular weight excluding hydrogens is 198 g/mol. The molecule has 0 atom stereocenters. The van der Waals surface area contributed by atoms with E-state index in [2.05, 4.69) is 29.4 Å². The Morgan fingerprint density at radius 1 is 1.06 bits per heavy atom. The summed E-state index contributed by atoms with van der Waals surface area (Å²) in [6, 6.07) is 10.4. The smallest absolute Gasteiger partial charge is 0.130 e. The van der Waals surface area contributed by atoms with Crippen molar-refractivity contribution in [2.24, 2.45) is 16.7 Å². The van der Waals surface area contributed by atoms with Gasteiger partial charge in [0.15, 0.2) is 0 Å². The van der Waals surface area contributed by atoms with Crippen LogP contribution in [0.5, 0.6) is 0 Å². The second-order valence-electron chi connectivity index (χ2n) is 4.52. The zero-order valence-corrected chi connectivity index (χ0v) is 9.52. The third-order valence-electron chi connectivity index (χ3n) is 3.66. The van der Waals surface area contributed by atoms with Crippen molar-refractivity contribution in [3.8, 4) is 0 Å². The molecule has 0 unspecified atom stereocenters. The van der Waals surface area contributed by atoms with Crippen molar-refractivity contribution in [1.29, 1.82) is 0 Å². The molecule has 0 saturated heterocycles. The van der Waals surface area contributed by atoms with E-state index in [-0.39, 0.29) is 5.41 Å². The molecule has 0 aliphatic heterocycles. The van der Waals surface area contributed by atoms with E-state index in [1.807, 2.05) is 6.07 Å². The SMILES string of the molecule is NN=C(N)C1(c2ccccc2)CCCCC1. The van der Waals surface area contributed by atoms with Crippen molar-refractivity contribution in [2.45, 2.75) is 37.5 Å². The molecule has 0 heterocycles. The molecule has 0 amide bonds. The van der Waals surface area contributed by atoms with Gasteiger partial charge in [-0.25, -0.2) is 0 Å². The maximum absolute atomic E-state index is 6.04. The molecule has 2 rings (SSSR count). The highest BCUT2D eigenvalue weighted by Crippen LogP contribution is 2.39. The number of hydrazone groups is 1. The van der Waals surface area contributed by atoms with Crippen LogP contribution in [0.25, 0.3) is 0 Å². The fourth-order valence-electron chi connectivity index (χ4n) is 2.73. The summed E-state index contributed by atoms with van der Waals surface area (Å²) >= 11 is 0. The summed E-state index contributed by atoms with van der Waals surface area (Å²) in [5.41, 5.74) is 7.17. The van der Waals surface area contributed by atoms with Gasteiger partial charge in [0, 0.05) is 0 Å². The normalized spacial score (nSPS) is 20.6. The van der Waals surface area contributed by atoms with E-state index in [9.17, 15) is 0 Å². The molecule has 3 heteroatoms. The average molecular weight is 217 g/mol. The minimum Gasteiger partial charge on any atom is -0.385 e. The molecule has 1 aliphatic rings. The Balaban J connectivity index is 2.42. The molecule has 86 valence electrons. The number of hydrogen-bond acceptors (Lipinski definition) is 2. The molecular formula is C13H19N3. The van der Waals surface area contributed by atoms with E-state index in [4.69, 9.17) is 11.6 Å². The maximum atomic E-state index is 6.04. The van der Waals surface area contributed by atoms with Gasteiger partial charge >= 0.3 is 0 Å². The van der Waals surface area contributed by atoms with Gasteiger partial charge in [0.2, 0.25) is 0 Å². The lowest BCUT2D eigenvalue weighted by Gasteiger charge is -2.36. The summed E-state index contributed by atoms with van der Waals surface area (Å²) < 4.78 is 0. The molecule has 1 aliphatic carbocycles. The first-order valence-electron chi connectivity index (χ1n) is 5.89. The van der Waals surface area contributed by atoms with Crippen LogP contribution < -0.4 is 11.6 Å². The van der Waals surface area contributed by atoms with Gasteiger partial charge in [0.05, 0.1) is 5.41 Å². The molecule has 0 aromatic heterocycles. The molecule has 3 nitrogen and oxygen atoms in total. The minimum atomic E-state index is -0.117. The topological polar surface area (TPSA) is 64.4 Å². The molecule has 16 heavy (non-hydrogen) atoms. The zero-order valence-electron chi connectivity index (χ0n) is 9.52. The van der Waals surface area contributed by atoms with Crippen molar-refractivity contribution < 1.29 is 0 Å². The lowest BCUT2D eigenvalue weighted by Crippen LogP contribution is -2.43. The van der Waals surface area contributed by atoms with Crippen LogP contribution in [-0.4, -0.2) is 5.84 Å². The monoisotopic (exact) mass is 217 g/mol. The van der Waals surface area contributed by atoms with Gasteiger partial charge in [-0.15, -0.1) is 0 Å². The third kappa shape index (κ3) is 1.77. The van der Waals surface area contributed by atoms with E-state index in [1.54, 1.807) is 0 Å². The Bertz CT molecular complexity index is 364. The van der Waals surface area contributed by atoms with Crippen LogP contribution in [-0.2, 0) is 5.41 Å². The predicted octanol–water partition coefficient (Wildman–Crippen LogP) is 2.12. The average Bonchev–Trinajstić information content (AvgIpc) is 2.39. The molecule has 1 saturated carbocycles. The van der Waals surface area contributed by atoms with E-state index in [0.717, 1.165) is 12.8 Å². The van der Waals surface area contributed by atoms with E-state index >= 15 is 0 Å². The number of benzene rings is 1. The number of nitrogens with zero attached hydrogens (tertiary/aromatic N) is 1. The maximum Gasteiger partial charge on any atom is 0.130 e. The number of hydrogen-bond donors (Lipinski definition) is 2. The number of amidine groups is 1. The second-order valence-corrected chi connectivity index (χ2v) is 4.52. The van der Waals surface area contributed by atoms with Gasteiger partial charge < -0.3 is 11.6 Å². The van der Waals surface area contributed by atoms with Crippen molar-refractivity contribution in [1.82, 2.24) is 0 Å². The largest absolute Gasteiger partial charge is 0.385 e. The summed E-state index contributed by atoms with van der Waals surface area (Å²) in [7, 11) is 0. The molecule has 4 N–H and O–H groups in total. The Morgan fingerprint density at radius 2 is 1.69 bits per heavy atom. The first-order valence-corrected chi connectivity index (χ1v) is 5.89. The summed E-state index contributed by atoms with van der Waals surface area (Å²) in [4.78, 5) is 0. The Labute approximate surface area is 96.5 Å². The highest BCUT2D eigenvalue weighted by Gasteiger charge is 2.37. The highest BCUT2D eigenvalue weighted by atomic mass is 15.2. The second kappa shape index (κ2) is 4.56. The van der Waals surface area contributed by atoms with E-state index in [1.165, 1.54) is 24.8 Å². The molecule has 0 radical (unpaired) electrons. The Hall–Kier alpha value is -1.51. The number of rotatable bonds is 2. The first kappa shape index (κ1) is 11.0. The van der Waals surface area contributed by atoms with Gasteiger partial charge in [-0.1, -0.05) is 49.6 Å². The first-order chi connectivity index (χ1) is 7.79. The molecule has 0 spiro atoms. The summed E-state index contributed by atoms with van der Waals surface area (Å²) in [5.74, 6) is 5.97.